The van der Waals surface area contributed by atoms with Gasteiger partial charge >= 0.3 is 0 Å². The number of aryl methyl sites for hydroxylation is 1. The van der Waals surface area contributed by atoms with Crippen LogP contribution in [-0.2, 0) is 23.0 Å². The minimum Gasteiger partial charge on any atom is -0.336 e. The van der Waals surface area contributed by atoms with E-state index in [1.807, 2.05) is 43.0 Å². The molecule has 182 valence electrons. The number of hydrogen-bond donors (Lipinski definition) is 0. The van der Waals surface area contributed by atoms with Gasteiger partial charge in [-0.1, -0.05) is 48.0 Å². The lowest BCUT2D eigenvalue weighted by Gasteiger charge is -2.35. The van der Waals surface area contributed by atoms with Crippen LogP contribution in [0.5, 0.6) is 0 Å². The van der Waals surface area contributed by atoms with Crippen molar-refractivity contribution in [3.8, 4) is 0 Å². The number of rotatable bonds is 5. The Labute approximate surface area is 207 Å². The third-order valence-corrected chi connectivity index (χ3v) is 8.91. The highest BCUT2D eigenvalue weighted by Gasteiger charge is 2.36. The number of sulfonamides is 1. The van der Waals surface area contributed by atoms with Gasteiger partial charge in [-0.15, -0.1) is 0 Å². The number of benzene rings is 3. The first-order valence-corrected chi connectivity index (χ1v) is 13.6. The van der Waals surface area contributed by atoms with Crippen LogP contribution in [0.4, 0.5) is 5.69 Å². The largest absolute Gasteiger partial charge is 0.336 e. The van der Waals surface area contributed by atoms with E-state index in [4.69, 9.17) is 0 Å². The molecule has 2 heterocycles. The fraction of sp³-hybridized carbons (Fsp3) is 0.321. The van der Waals surface area contributed by atoms with E-state index in [1.54, 1.807) is 24.3 Å². The summed E-state index contributed by atoms with van der Waals surface area (Å²) in [5, 5.41) is 0. The maximum absolute atomic E-state index is 13.4. The first kappa shape index (κ1) is 23.6. The summed E-state index contributed by atoms with van der Waals surface area (Å²) in [6.45, 7) is 7.80. The molecule has 0 spiro atoms. The summed E-state index contributed by atoms with van der Waals surface area (Å²) in [6.07, 6.45) is 0.590. The molecule has 0 radical (unpaired) electrons. The van der Waals surface area contributed by atoms with Crippen molar-refractivity contribution >= 4 is 21.6 Å². The Morgan fingerprint density at radius 2 is 1.60 bits per heavy atom. The zero-order valence-corrected chi connectivity index (χ0v) is 21.0. The van der Waals surface area contributed by atoms with Crippen molar-refractivity contribution in [3.63, 3.8) is 0 Å². The molecule has 0 saturated carbocycles. The zero-order chi connectivity index (χ0) is 24.6. The van der Waals surface area contributed by atoms with Crippen molar-refractivity contribution in [2.75, 3.05) is 30.5 Å². The molecule has 35 heavy (non-hydrogen) atoms. The summed E-state index contributed by atoms with van der Waals surface area (Å²) in [4.78, 5) is 17.8. The van der Waals surface area contributed by atoms with Crippen molar-refractivity contribution in [2.24, 2.45) is 0 Å². The van der Waals surface area contributed by atoms with Crippen LogP contribution in [0.3, 0.4) is 0 Å². The van der Waals surface area contributed by atoms with E-state index in [0.717, 1.165) is 30.8 Å². The Morgan fingerprint density at radius 1 is 0.914 bits per heavy atom. The normalized spacial score (nSPS) is 18.5. The van der Waals surface area contributed by atoms with Crippen molar-refractivity contribution in [2.45, 2.75) is 37.8 Å². The Morgan fingerprint density at radius 3 is 2.29 bits per heavy atom. The molecule has 2 aliphatic heterocycles. The van der Waals surface area contributed by atoms with Gasteiger partial charge < -0.3 is 4.90 Å². The molecule has 6 nitrogen and oxygen atoms in total. The topological polar surface area (TPSA) is 60.9 Å². The molecule has 0 N–H and O–H groups in total. The van der Waals surface area contributed by atoms with E-state index in [0.29, 0.717) is 30.8 Å². The van der Waals surface area contributed by atoms with E-state index >= 15 is 0 Å². The average molecular weight is 490 g/mol. The monoisotopic (exact) mass is 489 g/mol. The third kappa shape index (κ3) is 4.70. The molecule has 1 amide bonds. The maximum atomic E-state index is 13.4. The Balaban J connectivity index is 1.29. The summed E-state index contributed by atoms with van der Waals surface area (Å²) in [7, 11) is -3.67. The molecule has 0 aliphatic carbocycles. The van der Waals surface area contributed by atoms with Crippen LogP contribution in [0.15, 0.2) is 77.7 Å². The molecule has 1 atom stereocenters. The van der Waals surface area contributed by atoms with E-state index in [-0.39, 0.29) is 16.8 Å². The highest BCUT2D eigenvalue weighted by Crippen LogP contribution is 2.37. The molecule has 5 rings (SSSR count). The number of fused-ring (bicyclic) bond motifs is 1. The van der Waals surface area contributed by atoms with Gasteiger partial charge in [-0.05, 0) is 61.7 Å². The molecule has 2 aliphatic rings. The van der Waals surface area contributed by atoms with Crippen LogP contribution < -0.4 is 4.31 Å². The maximum Gasteiger partial charge on any atom is 0.264 e. The summed E-state index contributed by atoms with van der Waals surface area (Å²) in [6, 6.07) is 22.6. The summed E-state index contributed by atoms with van der Waals surface area (Å²) in [5.74, 6) is 0.0136. The quantitative estimate of drug-likeness (QED) is 0.542. The number of nitrogens with zero attached hydrogens (tertiary/aromatic N) is 3. The number of carbonyl (C=O) groups is 1. The first-order valence-electron chi connectivity index (χ1n) is 12.1. The van der Waals surface area contributed by atoms with Crippen LogP contribution in [-0.4, -0.2) is 56.3 Å². The van der Waals surface area contributed by atoms with Crippen LogP contribution >= 0.6 is 0 Å². The van der Waals surface area contributed by atoms with Gasteiger partial charge in [0, 0.05) is 44.3 Å². The molecule has 3 aromatic rings. The molecule has 0 unspecified atom stereocenters. The standard InChI is InChI=1S/C28H31N3O3S/c1-21-8-11-26(12-9-21)35(33,34)31-22(2)18-25-19-24(10-13-27(25)31)28(32)30-16-14-29(15-17-30)20-23-6-4-3-5-7-23/h3-13,19,22H,14-18,20H2,1-2H3/t22-/m1/s1. The van der Waals surface area contributed by atoms with Crippen LogP contribution in [0.25, 0.3) is 0 Å². The second-order valence-corrected chi connectivity index (χ2v) is 11.4. The number of amides is 1. The minimum absolute atomic E-state index is 0.0136. The number of anilines is 1. The average Bonchev–Trinajstić information content (AvgIpc) is 3.20. The van der Waals surface area contributed by atoms with Gasteiger partial charge in [0.2, 0.25) is 0 Å². The lowest BCUT2D eigenvalue weighted by atomic mass is 10.1. The second-order valence-electron chi connectivity index (χ2n) is 9.56. The summed E-state index contributed by atoms with van der Waals surface area (Å²) >= 11 is 0. The van der Waals surface area contributed by atoms with Crippen molar-refractivity contribution in [1.82, 2.24) is 9.80 Å². The lowest BCUT2D eigenvalue weighted by molar-refractivity contribution is 0.0628. The molecule has 0 bridgehead atoms. The lowest BCUT2D eigenvalue weighted by Crippen LogP contribution is -2.48. The molecular weight excluding hydrogens is 458 g/mol. The predicted molar refractivity (Wildman–Crippen MR) is 138 cm³/mol. The second kappa shape index (κ2) is 9.47. The van der Waals surface area contributed by atoms with Gasteiger partial charge in [0.15, 0.2) is 0 Å². The SMILES string of the molecule is Cc1ccc(S(=O)(=O)N2c3ccc(C(=O)N4CCN(Cc5ccccc5)CC4)cc3C[C@H]2C)cc1. The predicted octanol–water partition coefficient (Wildman–Crippen LogP) is 4.09. The molecule has 3 aromatic carbocycles. The highest BCUT2D eigenvalue weighted by molar-refractivity contribution is 7.92. The van der Waals surface area contributed by atoms with Crippen molar-refractivity contribution < 1.29 is 13.2 Å². The van der Waals surface area contributed by atoms with Crippen LogP contribution in [0.2, 0.25) is 0 Å². The Bertz CT molecular complexity index is 1320. The van der Waals surface area contributed by atoms with Gasteiger partial charge in [0.1, 0.15) is 0 Å². The summed E-state index contributed by atoms with van der Waals surface area (Å²) < 4.78 is 28.3. The van der Waals surface area contributed by atoms with Gasteiger partial charge in [0.25, 0.3) is 15.9 Å². The highest BCUT2D eigenvalue weighted by atomic mass is 32.2. The van der Waals surface area contributed by atoms with E-state index in [2.05, 4.69) is 29.2 Å². The fourth-order valence-electron chi connectivity index (χ4n) is 5.06. The van der Waals surface area contributed by atoms with Crippen LogP contribution in [0.1, 0.15) is 34.0 Å². The zero-order valence-electron chi connectivity index (χ0n) is 20.2. The number of hydrogen-bond acceptors (Lipinski definition) is 4. The van der Waals surface area contributed by atoms with Gasteiger partial charge in [0.05, 0.1) is 10.6 Å². The summed E-state index contributed by atoms with van der Waals surface area (Å²) in [5.41, 5.74) is 4.50. The van der Waals surface area contributed by atoms with E-state index in [1.165, 1.54) is 9.87 Å². The van der Waals surface area contributed by atoms with Gasteiger partial charge in [-0.25, -0.2) is 8.42 Å². The minimum atomic E-state index is -3.67. The number of piperazine rings is 1. The van der Waals surface area contributed by atoms with E-state index < -0.39 is 10.0 Å². The Kier molecular flexibility index (Phi) is 6.38. The van der Waals surface area contributed by atoms with Gasteiger partial charge in [-0.2, -0.15) is 0 Å². The van der Waals surface area contributed by atoms with Crippen LogP contribution in [0, 0.1) is 6.92 Å². The smallest absolute Gasteiger partial charge is 0.264 e. The van der Waals surface area contributed by atoms with Crippen molar-refractivity contribution in [1.29, 1.82) is 0 Å². The molecule has 0 aromatic heterocycles. The van der Waals surface area contributed by atoms with Gasteiger partial charge in [-0.3, -0.25) is 14.0 Å². The molecule has 1 fully saturated rings. The molecule has 1 saturated heterocycles. The fourth-order valence-corrected chi connectivity index (χ4v) is 6.75. The van der Waals surface area contributed by atoms with Crippen molar-refractivity contribution in [3.05, 3.63) is 95.1 Å². The Hall–Kier alpha value is -3.16. The third-order valence-electron chi connectivity index (χ3n) is 6.97. The molecule has 7 heteroatoms. The number of carbonyl (C=O) groups excluding carboxylic acids is 1. The first-order chi connectivity index (χ1) is 16.8. The molecular formula is C28H31N3O3S. The van der Waals surface area contributed by atoms with E-state index in [9.17, 15) is 13.2 Å².